The fraction of sp³-hybridized carbons (Fsp3) is 0.400. The molecule has 2 heterocycles. The summed E-state index contributed by atoms with van der Waals surface area (Å²) >= 11 is 0. The summed E-state index contributed by atoms with van der Waals surface area (Å²) in [6, 6.07) is 11.8. The first-order valence-corrected chi connectivity index (χ1v) is 8.92. The topological polar surface area (TPSA) is 63.7 Å². The van der Waals surface area contributed by atoms with Crippen LogP contribution in [0, 0.1) is 0 Å². The minimum atomic E-state index is 0.0468. The lowest BCUT2D eigenvalue weighted by molar-refractivity contribution is -0.121. The predicted molar refractivity (Wildman–Crippen MR) is 100 cm³/mol. The van der Waals surface area contributed by atoms with E-state index in [4.69, 9.17) is 9.47 Å². The van der Waals surface area contributed by atoms with Gasteiger partial charge in [0.2, 0.25) is 5.91 Å². The summed E-state index contributed by atoms with van der Waals surface area (Å²) in [7, 11) is 1.64. The van der Waals surface area contributed by atoms with Gasteiger partial charge in [0.15, 0.2) is 0 Å². The molecule has 1 amide bonds. The Morgan fingerprint density at radius 3 is 2.69 bits per heavy atom. The number of anilines is 1. The van der Waals surface area contributed by atoms with Crippen LogP contribution in [0.15, 0.2) is 42.6 Å². The Hall–Kier alpha value is -2.60. The van der Waals surface area contributed by atoms with Gasteiger partial charge in [-0.05, 0) is 41.8 Å². The molecule has 0 spiro atoms. The van der Waals surface area contributed by atoms with Crippen LogP contribution in [-0.4, -0.2) is 44.3 Å². The molecule has 6 heteroatoms. The highest BCUT2D eigenvalue weighted by molar-refractivity contribution is 5.76. The van der Waals surface area contributed by atoms with E-state index in [0.29, 0.717) is 19.4 Å². The molecule has 1 saturated heterocycles. The van der Waals surface area contributed by atoms with E-state index >= 15 is 0 Å². The van der Waals surface area contributed by atoms with Gasteiger partial charge < -0.3 is 19.7 Å². The summed E-state index contributed by atoms with van der Waals surface area (Å²) in [5, 5.41) is 2.99. The largest absolute Gasteiger partial charge is 0.497 e. The molecule has 3 rings (SSSR count). The molecule has 1 N–H and O–H groups in total. The number of methoxy groups -OCH3 is 1. The molecule has 0 atom stereocenters. The lowest BCUT2D eigenvalue weighted by Gasteiger charge is -2.28. The number of carbonyl (C=O) groups is 1. The molecule has 138 valence electrons. The zero-order valence-corrected chi connectivity index (χ0v) is 15.1. The minimum absolute atomic E-state index is 0.0468. The molecule has 1 aromatic carbocycles. The van der Waals surface area contributed by atoms with Crippen LogP contribution in [-0.2, 0) is 22.5 Å². The van der Waals surface area contributed by atoms with Gasteiger partial charge in [-0.25, -0.2) is 4.98 Å². The highest BCUT2D eigenvalue weighted by atomic mass is 16.5. The Labute approximate surface area is 154 Å². The van der Waals surface area contributed by atoms with E-state index in [0.717, 1.165) is 49.0 Å². The quantitative estimate of drug-likeness (QED) is 0.825. The maximum Gasteiger partial charge on any atom is 0.220 e. The summed E-state index contributed by atoms with van der Waals surface area (Å²) in [5.74, 6) is 1.82. The number of benzene rings is 1. The minimum Gasteiger partial charge on any atom is -0.497 e. The summed E-state index contributed by atoms with van der Waals surface area (Å²) in [6.45, 7) is 3.68. The third-order valence-corrected chi connectivity index (χ3v) is 4.43. The predicted octanol–water partition coefficient (Wildman–Crippen LogP) is 2.18. The maximum absolute atomic E-state index is 12.1. The van der Waals surface area contributed by atoms with Crippen molar-refractivity contribution in [1.29, 1.82) is 0 Å². The van der Waals surface area contributed by atoms with Crippen LogP contribution >= 0.6 is 0 Å². The summed E-state index contributed by atoms with van der Waals surface area (Å²) in [5.41, 5.74) is 2.18. The Balaban J connectivity index is 1.46. The fourth-order valence-corrected chi connectivity index (χ4v) is 2.88. The van der Waals surface area contributed by atoms with E-state index in [2.05, 4.69) is 15.2 Å². The Kier molecular flexibility index (Phi) is 6.44. The fourth-order valence-electron chi connectivity index (χ4n) is 2.88. The molecule has 0 unspecified atom stereocenters. The van der Waals surface area contributed by atoms with Gasteiger partial charge in [0.05, 0.1) is 20.3 Å². The van der Waals surface area contributed by atoms with Gasteiger partial charge in [-0.3, -0.25) is 4.79 Å². The Morgan fingerprint density at radius 1 is 1.19 bits per heavy atom. The first kappa shape index (κ1) is 18.2. The van der Waals surface area contributed by atoms with Gasteiger partial charge in [0.25, 0.3) is 0 Å². The van der Waals surface area contributed by atoms with Crippen molar-refractivity contribution in [1.82, 2.24) is 10.3 Å². The zero-order chi connectivity index (χ0) is 18.2. The number of aromatic nitrogens is 1. The van der Waals surface area contributed by atoms with Gasteiger partial charge in [-0.15, -0.1) is 0 Å². The maximum atomic E-state index is 12.1. The molecular formula is C20H25N3O3. The van der Waals surface area contributed by atoms with Crippen LogP contribution in [0.2, 0.25) is 0 Å². The molecule has 0 bridgehead atoms. The van der Waals surface area contributed by atoms with Crippen LogP contribution in [0.25, 0.3) is 0 Å². The van der Waals surface area contributed by atoms with Crippen molar-refractivity contribution < 1.29 is 14.3 Å². The second kappa shape index (κ2) is 9.20. The second-order valence-electron chi connectivity index (χ2n) is 6.25. The van der Waals surface area contributed by atoms with Crippen LogP contribution < -0.4 is 15.0 Å². The average Bonchev–Trinajstić information content (AvgIpc) is 2.72. The van der Waals surface area contributed by atoms with Crippen LogP contribution in [0.1, 0.15) is 17.5 Å². The molecule has 1 fully saturated rings. The van der Waals surface area contributed by atoms with Crippen LogP contribution in [0.3, 0.4) is 0 Å². The van der Waals surface area contributed by atoms with E-state index in [1.54, 1.807) is 13.3 Å². The Bertz CT molecular complexity index is 712. The molecule has 26 heavy (non-hydrogen) atoms. The number of pyridine rings is 1. The van der Waals surface area contributed by atoms with E-state index < -0.39 is 0 Å². The van der Waals surface area contributed by atoms with E-state index in [1.165, 1.54) is 0 Å². The number of morpholine rings is 1. The van der Waals surface area contributed by atoms with Gasteiger partial charge in [-0.1, -0.05) is 12.1 Å². The average molecular weight is 355 g/mol. The third kappa shape index (κ3) is 5.20. The van der Waals surface area contributed by atoms with Crippen molar-refractivity contribution in [3.8, 4) is 5.75 Å². The number of carbonyl (C=O) groups excluding carboxylic acids is 1. The van der Waals surface area contributed by atoms with Crippen molar-refractivity contribution in [3.63, 3.8) is 0 Å². The molecule has 1 aromatic heterocycles. The number of hydrogen-bond donors (Lipinski definition) is 1. The van der Waals surface area contributed by atoms with Gasteiger partial charge in [0.1, 0.15) is 11.6 Å². The number of rotatable bonds is 7. The number of nitrogens with zero attached hydrogens (tertiary/aromatic N) is 2. The standard InChI is InChI=1S/C20H25N3O3/c1-25-18-5-2-16(3-6-18)4-7-20(24)22-15-17-8-9-21-19(14-17)23-10-12-26-13-11-23/h2-3,5-6,8-9,14H,4,7,10-13,15H2,1H3,(H,22,24). The van der Waals surface area contributed by atoms with Crippen molar-refractivity contribution in [2.45, 2.75) is 19.4 Å². The van der Waals surface area contributed by atoms with E-state index in [1.807, 2.05) is 36.4 Å². The number of ether oxygens (including phenoxy) is 2. The molecule has 0 saturated carbocycles. The molecular weight excluding hydrogens is 330 g/mol. The highest BCUT2D eigenvalue weighted by Gasteiger charge is 2.12. The lowest BCUT2D eigenvalue weighted by atomic mass is 10.1. The summed E-state index contributed by atoms with van der Waals surface area (Å²) in [4.78, 5) is 18.8. The summed E-state index contributed by atoms with van der Waals surface area (Å²) in [6.07, 6.45) is 2.97. The van der Waals surface area contributed by atoms with E-state index in [9.17, 15) is 4.79 Å². The van der Waals surface area contributed by atoms with Gasteiger partial charge in [0, 0.05) is 32.3 Å². The van der Waals surface area contributed by atoms with Crippen molar-refractivity contribution in [3.05, 3.63) is 53.7 Å². The number of hydrogen-bond acceptors (Lipinski definition) is 5. The first-order chi connectivity index (χ1) is 12.7. The van der Waals surface area contributed by atoms with Crippen LogP contribution in [0.5, 0.6) is 5.75 Å². The first-order valence-electron chi connectivity index (χ1n) is 8.92. The molecule has 6 nitrogen and oxygen atoms in total. The SMILES string of the molecule is COc1ccc(CCC(=O)NCc2ccnc(N3CCOCC3)c2)cc1. The normalized spacial score (nSPS) is 14.1. The smallest absolute Gasteiger partial charge is 0.220 e. The molecule has 0 radical (unpaired) electrons. The van der Waals surface area contributed by atoms with Crippen LogP contribution in [0.4, 0.5) is 5.82 Å². The molecule has 2 aromatic rings. The lowest BCUT2D eigenvalue weighted by Crippen LogP contribution is -2.36. The highest BCUT2D eigenvalue weighted by Crippen LogP contribution is 2.15. The monoisotopic (exact) mass is 355 g/mol. The third-order valence-electron chi connectivity index (χ3n) is 4.43. The van der Waals surface area contributed by atoms with Crippen molar-refractivity contribution >= 4 is 11.7 Å². The van der Waals surface area contributed by atoms with E-state index in [-0.39, 0.29) is 5.91 Å². The number of amides is 1. The molecule has 1 aliphatic heterocycles. The molecule has 1 aliphatic rings. The number of nitrogens with one attached hydrogen (secondary N) is 1. The van der Waals surface area contributed by atoms with Gasteiger partial charge >= 0.3 is 0 Å². The molecule has 0 aliphatic carbocycles. The summed E-state index contributed by atoms with van der Waals surface area (Å²) < 4.78 is 10.5. The number of aryl methyl sites for hydroxylation is 1. The van der Waals surface area contributed by atoms with Crippen molar-refractivity contribution in [2.75, 3.05) is 38.3 Å². The van der Waals surface area contributed by atoms with Crippen molar-refractivity contribution in [2.24, 2.45) is 0 Å². The Morgan fingerprint density at radius 2 is 1.96 bits per heavy atom. The van der Waals surface area contributed by atoms with Gasteiger partial charge in [-0.2, -0.15) is 0 Å². The zero-order valence-electron chi connectivity index (χ0n) is 15.1. The second-order valence-corrected chi connectivity index (χ2v) is 6.25.